The van der Waals surface area contributed by atoms with E-state index in [0.717, 1.165) is 16.5 Å². The molecule has 2 heterocycles. The second-order valence-corrected chi connectivity index (χ2v) is 7.67. The maximum absolute atomic E-state index is 15.4. The van der Waals surface area contributed by atoms with Crippen LogP contribution in [-0.4, -0.2) is 20.7 Å². The monoisotopic (exact) mass is 452 g/mol. The minimum atomic E-state index is -4.64. The first kappa shape index (κ1) is 20.9. The molecule has 0 bridgehead atoms. The predicted molar refractivity (Wildman–Crippen MR) is 114 cm³/mol. The zero-order valence-corrected chi connectivity index (χ0v) is 17.3. The number of anilines is 1. The van der Waals surface area contributed by atoms with Crippen molar-refractivity contribution in [3.8, 4) is 22.5 Å². The van der Waals surface area contributed by atoms with Crippen LogP contribution in [0, 0.1) is 5.82 Å². The highest BCUT2D eigenvalue weighted by Crippen LogP contribution is 2.44. The van der Waals surface area contributed by atoms with Gasteiger partial charge in [0, 0.05) is 12.6 Å². The molecule has 33 heavy (non-hydrogen) atoms. The zero-order chi connectivity index (χ0) is 23.3. The Balaban J connectivity index is 1.76. The summed E-state index contributed by atoms with van der Waals surface area (Å²) in [4.78, 5) is 14.3. The van der Waals surface area contributed by atoms with Gasteiger partial charge in [-0.05, 0) is 34.9 Å². The molecule has 166 valence electrons. The average Bonchev–Trinajstić information content (AvgIpc) is 3.36. The summed E-state index contributed by atoms with van der Waals surface area (Å²) in [6.07, 6.45) is -3.21. The van der Waals surface area contributed by atoms with Crippen LogP contribution in [0.4, 0.5) is 23.2 Å². The quantitative estimate of drug-likeness (QED) is 0.388. The predicted octanol–water partition coefficient (Wildman–Crippen LogP) is 5.47. The van der Waals surface area contributed by atoms with E-state index in [0.29, 0.717) is 5.56 Å². The number of hydrogen-bond acceptors (Lipinski definition) is 3. The molecule has 0 unspecified atom stereocenters. The van der Waals surface area contributed by atoms with Crippen LogP contribution in [0.1, 0.15) is 21.5 Å². The molecule has 5 rings (SSSR count). The lowest BCUT2D eigenvalue weighted by atomic mass is 9.96. The minimum Gasteiger partial charge on any atom is -0.317 e. The molecule has 1 amide bonds. The number of amides is 1. The molecule has 0 aliphatic carbocycles. The van der Waals surface area contributed by atoms with Gasteiger partial charge in [0.2, 0.25) is 0 Å². The molecule has 1 aliphatic rings. The van der Waals surface area contributed by atoms with Gasteiger partial charge in [0.25, 0.3) is 5.91 Å². The van der Waals surface area contributed by atoms with Crippen molar-refractivity contribution in [3.05, 3.63) is 89.5 Å². The molecule has 0 N–H and O–H groups in total. The van der Waals surface area contributed by atoms with E-state index in [1.54, 1.807) is 17.7 Å². The first-order chi connectivity index (χ1) is 15.8. The maximum Gasteiger partial charge on any atom is 0.416 e. The van der Waals surface area contributed by atoms with Gasteiger partial charge in [-0.25, -0.2) is 4.39 Å². The third-order valence-corrected chi connectivity index (χ3v) is 5.69. The molecule has 0 spiro atoms. The van der Waals surface area contributed by atoms with E-state index in [9.17, 15) is 18.0 Å². The highest BCUT2D eigenvalue weighted by molar-refractivity contribution is 6.13. The molecule has 1 aliphatic heterocycles. The number of carbonyl (C=O) groups excluding carboxylic acids is 1. The fraction of sp³-hybridized carbons (Fsp3) is 0.125. The first-order valence-electron chi connectivity index (χ1n) is 10.0. The molecule has 4 aromatic rings. The van der Waals surface area contributed by atoms with Gasteiger partial charge in [0.05, 0.1) is 23.4 Å². The number of benzene rings is 3. The summed E-state index contributed by atoms with van der Waals surface area (Å²) in [5.74, 6) is -1.17. The summed E-state index contributed by atoms with van der Waals surface area (Å²) in [7, 11) is 1.67. The van der Waals surface area contributed by atoms with E-state index in [1.165, 1.54) is 24.5 Å². The molecule has 0 saturated heterocycles. The number of aromatic nitrogens is 3. The number of carbonyl (C=O) groups is 1. The van der Waals surface area contributed by atoms with E-state index in [2.05, 4.69) is 10.2 Å². The van der Waals surface area contributed by atoms with Crippen LogP contribution in [-0.2, 0) is 19.8 Å². The lowest BCUT2D eigenvalue weighted by molar-refractivity contribution is -0.138. The van der Waals surface area contributed by atoms with E-state index in [4.69, 9.17) is 0 Å². The molecule has 0 radical (unpaired) electrons. The second kappa shape index (κ2) is 7.54. The largest absolute Gasteiger partial charge is 0.416 e. The third kappa shape index (κ3) is 3.36. The Hall–Kier alpha value is -4.01. The van der Waals surface area contributed by atoms with Crippen LogP contribution in [0.2, 0.25) is 0 Å². The highest BCUT2D eigenvalue weighted by atomic mass is 19.4. The number of fused-ring (bicyclic) bond motifs is 1. The van der Waals surface area contributed by atoms with Gasteiger partial charge in [0.15, 0.2) is 5.82 Å². The maximum atomic E-state index is 15.4. The molecular weight excluding hydrogens is 436 g/mol. The molecule has 5 nitrogen and oxygen atoms in total. The van der Waals surface area contributed by atoms with Crippen LogP contribution in [0.15, 0.2) is 67.0 Å². The van der Waals surface area contributed by atoms with E-state index >= 15 is 4.39 Å². The third-order valence-electron chi connectivity index (χ3n) is 5.69. The van der Waals surface area contributed by atoms with Gasteiger partial charge in [-0.3, -0.25) is 4.79 Å². The minimum absolute atomic E-state index is 0.0988. The number of alkyl halides is 3. The van der Waals surface area contributed by atoms with E-state index < -0.39 is 30.0 Å². The average molecular weight is 452 g/mol. The van der Waals surface area contributed by atoms with Crippen LogP contribution in [0.5, 0.6) is 0 Å². The highest BCUT2D eigenvalue weighted by Gasteiger charge is 2.41. The SMILES string of the molecule is Cn1cnnc1-c1c(-c2ccccc2)ccc(F)c1N1Cc2c(cccc2C(F)(F)F)C1=O. The molecule has 0 atom stereocenters. The van der Waals surface area contributed by atoms with Crippen LogP contribution in [0.25, 0.3) is 22.5 Å². The van der Waals surface area contributed by atoms with Crippen LogP contribution < -0.4 is 4.90 Å². The van der Waals surface area contributed by atoms with Gasteiger partial charge in [-0.2, -0.15) is 13.2 Å². The van der Waals surface area contributed by atoms with Crippen molar-refractivity contribution in [2.24, 2.45) is 7.05 Å². The summed E-state index contributed by atoms with van der Waals surface area (Å²) in [5.41, 5.74) is 0.259. The Morgan fingerprint density at radius 1 is 0.939 bits per heavy atom. The van der Waals surface area contributed by atoms with Gasteiger partial charge in [0.1, 0.15) is 12.1 Å². The van der Waals surface area contributed by atoms with Crippen molar-refractivity contribution >= 4 is 11.6 Å². The fourth-order valence-electron chi connectivity index (χ4n) is 4.20. The van der Waals surface area contributed by atoms with E-state index in [1.807, 2.05) is 30.3 Å². The first-order valence-corrected chi connectivity index (χ1v) is 10.0. The molecule has 0 fully saturated rings. The number of aryl methyl sites for hydroxylation is 1. The summed E-state index contributed by atoms with van der Waals surface area (Å²) >= 11 is 0. The van der Waals surface area contributed by atoms with Crippen LogP contribution >= 0.6 is 0 Å². The topological polar surface area (TPSA) is 51.0 Å². The normalized spacial score (nSPS) is 13.5. The summed E-state index contributed by atoms with van der Waals surface area (Å²) in [6.45, 7) is -0.413. The Morgan fingerprint density at radius 2 is 1.70 bits per heavy atom. The lowest BCUT2D eigenvalue weighted by Crippen LogP contribution is -2.25. The smallest absolute Gasteiger partial charge is 0.317 e. The molecule has 3 aromatic carbocycles. The molecular formula is C24H16F4N4O. The van der Waals surface area contributed by atoms with Crippen molar-refractivity contribution in [3.63, 3.8) is 0 Å². The van der Waals surface area contributed by atoms with Gasteiger partial charge >= 0.3 is 6.18 Å². The molecule has 0 saturated carbocycles. The standard InChI is InChI=1S/C24H16F4N4O/c1-31-13-29-30-22(31)20-15(14-6-3-2-4-7-14)10-11-19(25)21(20)32-12-17-16(23(32)33)8-5-9-18(17)24(26,27)28/h2-11,13H,12H2,1H3. The van der Waals surface area contributed by atoms with Gasteiger partial charge < -0.3 is 9.47 Å². The number of nitrogens with zero attached hydrogens (tertiary/aromatic N) is 4. The van der Waals surface area contributed by atoms with Crippen molar-refractivity contribution in [1.29, 1.82) is 0 Å². The van der Waals surface area contributed by atoms with Gasteiger partial charge in [-0.15, -0.1) is 10.2 Å². The fourth-order valence-corrected chi connectivity index (χ4v) is 4.20. The Kier molecular flexibility index (Phi) is 4.77. The summed E-state index contributed by atoms with van der Waals surface area (Å²) in [6, 6.07) is 15.3. The van der Waals surface area contributed by atoms with Crippen molar-refractivity contribution < 1.29 is 22.4 Å². The summed E-state index contributed by atoms with van der Waals surface area (Å²) in [5, 5.41) is 7.98. The summed E-state index contributed by atoms with van der Waals surface area (Å²) < 4.78 is 57.7. The lowest BCUT2D eigenvalue weighted by Gasteiger charge is -2.23. The Bertz CT molecular complexity index is 1380. The number of hydrogen-bond donors (Lipinski definition) is 0. The van der Waals surface area contributed by atoms with Crippen molar-refractivity contribution in [2.75, 3.05) is 4.90 Å². The molecule has 9 heteroatoms. The van der Waals surface area contributed by atoms with Crippen LogP contribution in [0.3, 0.4) is 0 Å². The molecule has 1 aromatic heterocycles. The zero-order valence-electron chi connectivity index (χ0n) is 17.3. The van der Waals surface area contributed by atoms with Gasteiger partial charge in [-0.1, -0.05) is 42.5 Å². The second-order valence-electron chi connectivity index (χ2n) is 7.67. The number of halogens is 4. The number of rotatable bonds is 3. The Labute approximate surface area is 185 Å². The van der Waals surface area contributed by atoms with Crippen molar-refractivity contribution in [2.45, 2.75) is 12.7 Å². The van der Waals surface area contributed by atoms with E-state index in [-0.39, 0.29) is 28.2 Å². The van der Waals surface area contributed by atoms with Crippen molar-refractivity contribution in [1.82, 2.24) is 14.8 Å². The Morgan fingerprint density at radius 3 is 2.36 bits per heavy atom.